The number of imidazole rings is 1. The Morgan fingerprint density at radius 2 is 1.95 bits per heavy atom. The molecule has 0 unspecified atom stereocenters. The topological polar surface area (TPSA) is 67.6 Å². The van der Waals surface area contributed by atoms with Gasteiger partial charge in [0.05, 0.1) is 26.8 Å². The monoisotopic (exact) mass is 348 g/mol. The standard InChI is InChI=1S/C14H7BrF2N4/c15-9-4-13-12(5-11(9)17)20-14(19)21(13)8-1-2-10(16)7(3-8)6-18/h1-5H,(H2,19,20). The molecule has 0 saturated carbocycles. The van der Waals surface area contributed by atoms with Crippen LogP contribution in [-0.4, -0.2) is 9.55 Å². The SMILES string of the molecule is N#Cc1cc(-n2c(N)nc3cc(F)c(Br)cc32)ccc1F. The maximum Gasteiger partial charge on any atom is 0.205 e. The molecule has 0 saturated heterocycles. The van der Waals surface area contributed by atoms with Crippen molar-refractivity contribution in [2.24, 2.45) is 0 Å². The Balaban J connectivity index is 2.32. The number of anilines is 1. The molecular formula is C14H7BrF2N4. The average Bonchev–Trinajstić information content (AvgIpc) is 2.75. The minimum atomic E-state index is -0.614. The van der Waals surface area contributed by atoms with Gasteiger partial charge in [-0.05, 0) is 40.2 Å². The number of hydrogen-bond acceptors (Lipinski definition) is 3. The molecule has 1 heterocycles. The lowest BCUT2D eigenvalue weighted by molar-refractivity contribution is 0.623. The van der Waals surface area contributed by atoms with Gasteiger partial charge in [0.2, 0.25) is 5.95 Å². The summed E-state index contributed by atoms with van der Waals surface area (Å²) in [6.07, 6.45) is 0. The number of halogens is 3. The molecule has 0 aliphatic carbocycles. The van der Waals surface area contributed by atoms with Crippen molar-refractivity contribution in [2.45, 2.75) is 0 Å². The van der Waals surface area contributed by atoms with Crippen molar-refractivity contribution in [1.29, 1.82) is 5.26 Å². The molecule has 7 heteroatoms. The van der Waals surface area contributed by atoms with E-state index in [2.05, 4.69) is 20.9 Å². The Hall–Kier alpha value is -2.46. The first-order valence-electron chi connectivity index (χ1n) is 5.84. The fourth-order valence-corrected chi connectivity index (χ4v) is 2.43. The highest BCUT2D eigenvalue weighted by Gasteiger charge is 2.14. The lowest BCUT2D eigenvalue weighted by Gasteiger charge is -2.07. The fraction of sp³-hybridized carbons (Fsp3) is 0. The van der Waals surface area contributed by atoms with Crippen molar-refractivity contribution >= 4 is 32.9 Å². The summed E-state index contributed by atoms with van der Waals surface area (Å²) >= 11 is 3.10. The molecule has 0 amide bonds. The van der Waals surface area contributed by atoms with Crippen molar-refractivity contribution < 1.29 is 8.78 Å². The molecule has 0 fully saturated rings. The van der Waals surface area contributed by atoms with E-state index in [-0.39, 0.29) is 16.0 Å². The number of nitriles is 1. The quantitative estimate of drug-likeness (QED) is 0.731. The maximum atomic E-state index is 13.5. The molecule has 0 aliphatic rings. The number of nitrogen functional groups attached to an aromatic ring is 1. The van der Waals surface area contributed by atoms with Crippen LogP contribution in [0, 0.1) is 23.0 Å². The molecule has 21 heavy (non-hydrogen) atoms. The Morgan fingerprint density at radius 1 is 1.19 bits per heavy atom. The van der Waals surface area contributed by atoms with Crippen LogP contribution in [0.1, 0.15) is 5.56 Å². The van der Waals surface area contributed by atoms with Gasteiger partial charge in [0.25, 0.3) is 0 Å². The van der Waals surface area contributed by atoms with E-state index in [1.165, 1.54) is 34.9 Å². The third-order valence-electron chi connectivity index (χ3n) is 3.05. The lowest BCUT2D eigenvalue weighted by atomic mass is 10.2. The zero-order valence-electron chi connectivity index (χ0n) is 10.4. The molecule has 0 spiro atoms. The zero-order chi connectivity index (χ0) is 15.1. The van der Waals surface area contributed by atoms with Crippen LogP contribution in [0.2, 0.25) is 0 Å². The minimum absolute atomic E-state index is 0.102. The number of nitrogens with two attached hydrogens (primary N) is 1. The van der Waals surface area contributed by atoms with Crippen LogP contribution in [0.3, 0.4) is 0 Å². The molecule has 3 aromatic rings. The third kappa shape index (κ3) is 2.14. The van der Waals surface area contributed by atoms with Crippen LogP contribution in [0.5, 0.6) is 0 Å². The van der Waals surface area contributed by atoms with Crippen LogP contribution in [-0.2, 0) is 0 Å². The Bertz CT molecular complexity index is 911. The van der Waals surface area contributed by atoms with Gasteiger partial charge in [-0.3, -0.25) is 4.57 Å². The summed E-state index contributed by atoms with van der Waals surface area (Å²) in [5, 5.41) is 8.90. The number of rotatable bonds is 1. The molecular weight excluding hydrogens is 342 g/mol. The summed E-state index contributed by atoms with van der Waals surface area (Å²) in [4.78, 5) is 4.07. The largest absolute Gasteiger partial charge is 0.369 e. The van der Waals surface area contributed by atoms with Gasteiger partial charge in [0, 0.05) is 6.07 Å². The number of hydrogen-bond donors (Lipinski definition) is 1. The predicted molar refractivity (Wildman–Crippen MR) is 77.8 cm³/mol. The Kier molecular flexibility index (Phi) is 3.11. The van der Waals surface area contributed by atoms with Gasteiger partial charge in [-0.25, -0.2) is 13.8 Å². The lowest BCUT2D eigenvalue weighted by Crippen LogP contribution is -2.01. The van der Waals surface area contributed by atoms with Gasteiger partial charge < -0.3 is 5.73 Å². The second-order valence-electron chi connectivity index (χ2n) is 4.34. The second-order valence-corrected chi connectivity index (χ2v) is 5.19. The Labute approximate surface area is 126 Å². The first kappa shape index (κ1) is 13.5. The molecule has 2 aromatic carbocycles. The summed E-state index contributed by atoms with van der Waals surface area (Å²) in [7, 11) is 0. The third-order valence-corrected chi connectivity index (χ3v) is 3.66. The smallest absolute Gasteiger partial charge is 0.205 e. The van der Waals surface area contributed by atoms with Crippen LogP contribution < -0.4 is 5.73 Å². The number of aromatic nitrogens is 2. The van der Waals surface area contributed by atoms with Crippen molar-refractivity contribution in [3.05, 3.63) is 52.0 Å². The van der Waals surface area contributed by atoms with Crippen molar-refractivity contribution in [3.8, 4) is 11.8 Å². The highest BCUT2D eigenvalue weighted by molar-refractivity contribution is 9.10. The highest BCUT2D eigenvalue weighted by Crippen LogP contribution is 2.28. The van der Waals surface area contributed by atoms with Crippen LogP contribution in [0.15, 0.2) is 34.8 Å². The van der Waals surface area contributed by atoms with Gasteiger partial charge in [-0.15, -0.1) is 0 Å². The second kappa shape index (κ2) is 4.82. The molecule has 0 atom stereocenters. The summed E-state index contributed by atoms with van der Waals surface area (Å²) in [6.45, 7) is 0. The molecule has 0 aliphatic heterocycles. The fourth-order valence-electron chi connectivity index (χ4n) is 2.10. The van der Waals surface area contributed by atoms with E-state index in [0.717, 1.165) is 0 Å². The predicted octanol–water partition coefficient (Wildman–Crippen LogP) is 3.52. The maximum absolute atomic E-state index is 13.5. The van der Waals surface area contributed by atoms with Crippen molar-refractivity contribution in [3.63, 3.8) is 0 Å². The van der Waals surface area contributed by atoms with Crippen molar-refractivity contribution in [2.75, 3.05) is 5.73 Å². The van der Waals surface area contributed by atoms with E-state index >= 15 is 0 Å². The zero-order valence-corrected chi connectivity index (χ0v) is 12.0. The first-order valence-corrected chi connectivity index (χ1v) is 6.63. The van der Waals surface area contributed by atoms with E-state index in [4.69, 9.17) is 11.0 Å². The number of benzene rings is 2. The highest BCUT2D eigenvalue weighted by atomic mass is 79.9. The van der Waals surface area contributed by atoms with E-state index in [1.807, 2.05) is 0 Å². The van der Waals surface area contributed by atoms with Crippen LogP contribution >= 0.6 is 15.9 Å². The summed E-state index contributed by atoms with van der Waals surface area (Å²) in [6, 6.07) is 8.57. The average molecular weight is 349 g/mol. The van der Waals surface area contributed by atoms with Crippen LogP contribution in [0.25, 0.3) is 16.7 Å². The van der Waals surface area contributed by atoms with Crippen LogP contribution in [0.4, 0.5) is 14.7 Å². The molecule has 2 N–H and O–H groups in total. The summed E-state index contributed by atoms with van der Waals surface area (Å²) in [5.74, 6) is -0.946. The molecule has 104 valence electrons. The van der Waals surface area contributed by atoms with E-state index in [1.54, 1.807) is 6.07 Å². The number of nitrogens with zero attached hydrogens (tertiary/aromatic N) is 3. The number of fused-ring (bicyclic) bond motifs is 1. The Morgan fingerprint density at radius 3 is 2.67 bits per heavy atom. The molecule has 3 rings (SSSR count). The van der Waals surface area contributed by atoms with Gasteiger partial charge in [-0.2, -0.15) is 5.26 Å². The molecule has 0 bridgehead atoms. The van der Waals surface area contributed by atoms with E-state index in [0.29, 0.717) is 16.7 Å². The van der Waals surface area contributed by atoms with Gasteiger partial charge in [0.1, 0.15) is 17.7 Å². The minimum Gasteiger partial charge on any atom is -0.369 e. The summed E-state index contributed by atoms with van der Waals surface area (Å²) < 4.78 is 28.7. The van der Waals surface area contributed by atoms with Gasteiger partial charge in [-0.1, -0.05) is 0 Å². The molecule has 0 radical (unpaired) electrons. The normalized spacial score (nSPS) is 10.8. The van der Waals surface area contributed by atoms with Gasteiger partial charge in [0.15, 0.2) is 0 Å². The van der Waals surface area contributed by atoms with Crippen molar-refractivity contribution in [1.82, 2.24) is 9.55 Å². The van der Waals surface area contributed by atoms with E-state index in [9.17, 15) is 8.78 Å². The first-order chi connectivity index (χ1) is 10.0. The van der Waals surface area contributed by atoms with E-state index < -0.39 is 11.6 Å². The van der Waals surface area contributed by atoms with Gasteiger partial charge >= 0.3 is 0 Å². The summed E-state index contributed by atoms with van der Waals surface area (Å²) in [5.41, 5.74) is 7.15. The molecule has 1 aromatic heterocycles. The molecule has 4 nitrogen and oxygen atoms in total.